The van der Waals surface area contributed by atoms with Gasteiger partial charge in [0.15, 0.2) is 0 Å². The highest BCUT2D eigenvalue weighted by atomic mass is 16.2. The molecule has 3 heteroatoms. The molecule has 1 heterocycles. The van der Waals surface area contributed by atoms with Gasteiger partial charge in [-0.2, -0.15) is 0 Å². The Morgan fingerprint density at radius 1 is 1.36 bits per heavy atom. The summed E-state index contributed by atoms with van der Waals surface area (Å²) >= 11 is 0. The first-order valence-corrected chi connectivity index (χ1v) is 5.79. The zero-order chi connectivity index (χ0) is 10.4. The van der Waals surface area contributed by atoms with E-state index in [1.54, 1.807) is 0 Å². The van der Waals surface area contributed by atoms with Crippen LogP contribution < -0.4 is 5.32 Å². The fraction of sp³-hybridized carbons (Fsp3) is 0.909. The van der Waals surface area contributed by atoms with E-state index in [2.05, 4.69) is 24.1 Å². The lowest BCUT2D eigenvalue weighted by atomic mass is 10.1. The summed E-state index contributed by atoms with van der Waals surface area (Å²) in [6.45, 7) is 7.15. The van der Waals surface area contributed by atoms with E-state index >= 15 is 0 Å². The highest BCUT2D eigenvalue weighted by Crippen LogP contribution is 2.09. The van der Waals surface area contributed by atoms with Gasteiger partial charge in [0.2, 0.25) is 5.91 Å². The molecule has 1 aliphatic rings. The topological polar surface area (TPSA) is 32.3 Å². The molecule has 1 saturated heterocycles. The van der Waals surface area contributed by atoms with Gasteiger partial charge in [0.25, 0.3) is 0 Å². The second-order valence-corrected chi connectivity index (χ2v) is 4.00. The third kappa shape index (κ3) is 2.98. The van der Waals surface area contributed by atoms with Crippen LogP contribution in [0.3, 0.4) is 0 Å². The predicted molar refractivity (Wildman–Crippen MR) is 58.2 cm³/mol. The second kappa shape index (κ2) is 6.02. The van der Waals surface area contributed by atoms with Gasteiger partial charge in [-0.25, -0.2) is 0 Å². The zero-order valence-electron chi connectivity index (χ0n) is 9.38. The smallest absolute Gasteiger partial charge is 0.222 e. The van der Waals surface area contributed by atoms with Crippen molar-refractivity contribution < 1.29 is 4.79 Å². The Hall–Kier alpha value is -0.570. The van der Waals surface area contributed by atoms with E-state index in [4.69, 9.17) is 0 Å². The Labute approximate surface area is 86.9 Å². The van der Waals surface area contributed by atoms with E-state index in [-0.39, 0.29) is 0 Å². The number of hydrogen-bond acceptors (Lipinski definition) is 2. The molecule has 1 amide bonds. The van der Waals surface area contributed by atoms with E-state index in [0.29, 0.717) is 11.9 Å². The summed E-state index contributed by atoms with van der Waals surface area (Å²) in [5.41, 5.74) is 0. The fourth-order valence-electron chi connectivity index (χ4n) is 1.72. The van der Waals surface area contributed by atoms with E-state index in [0.717, 1.165) is 45.3 Å². The minimum atomic E-state index is 0.347. The van der Waals surface area contributed by atoms with Crippen LogP contribution in [0.15, 0.2) is 0 Å². The van der Waals surface area contributed by atoms with Crippen molar-refractivity contribution in [3.63, 3.8) is 0 Å². The van der Waals surface area contributed by atoms with Crippen LogP contribution in [0.2, 0.25) is 0 Å². The number of rotatable bonds is 6. The molecule has 0 aromatic carbocycles. The van der Waals surface area contributed by atoms with Gasteiger partial charge in [-0.3, -0.25) is 4.79 Å². The Morgan fingerprint density at radius 3 is 2.50 bits per heavy atom. The van der Waals surface area contributed by atoms with Crippen molar-refractivity contribution in [2.75, 3.05) is 19.6 Å². The molecule has 0 saturated carbocycles. The van der Waals surface area contributed by atoms with Gasteiger partial charge in [-0.05, 0) is 12.8 Å². The number of nitrogens with zero attached hydrogens (tertiary/aromatic N) is 1. The molecule has 1 fully saturated rings. The first-order chi connectivity index (χ1) is 6.79. The summed E-state index contributed by atoms with van der Waals surface area (Å²) in [4.78, 5) is 13.9. The molecule has 0 radical (unpaired) electrons. The summed E-state index contributed by atoms with van der Waals surface area (Å²) in [5, 5.41) is 3.22. The maximum Gasteiger partial charge on any atom is 0.222 e. The lowest BCUT2D eigenvalue weighted by Gasteiger charge is -2.38. The molecule has 0 spiro atoms. The van der Waals surface area contributed by atoms with Crippen LogP contribution in [0.4, 0.5) is 0 Å². The third-order valence-electron chi connectivity index (χ3n) is 2.73. The molecule has 82 valence electrons. The molecule has 1 rings (SSSR count). The first-order valence-electron chi connectivity index (χ1n) is 5.79. The van der Waals surface area contributed by atoms with E-state index in [9.17, 15) is 4.79 Å². The van der Waals surface area contributed by atoms with Crippen LogP contribution in [0.1, 0.15) is 39.5 Å². The SMILES string of the molecule is CCCCC(=O)N(CCC)C1CNC1. The lowest BCUT2D eigenvalue weighted by Crippen LogP contribution is -2.59. The summed E-state index contributed by atoms with van der Waals surface area (Å²) in [6, 6.07) is 0.472. The van der Waals surface area contributed by atoms with Crippen molar-refractivity contribution in [3.8, 4) is 0 Å². The Morgan fingerprint density at radius 2 is 2.07 bits per heavy atom. The van der Waals surface area contributed by atoms with Gasteiger partial charge in [0.1, 0.15) is 0 Å². The van der Waals surface area contributed by atoms with Crippen molar-refractivity contribution in [1.29, 1.82) is 0 Å². The van der Waals surface area contributed by atoms with Crippen molar-refractivity contribution in [1.82, 2.24) is 10.2 Å². The standard InChI is InChI=1S/C11H22N2O/c1-3-5-6-11(14)13(7-4-2)10-8-12-9-10/h10,12H,3-9H2,1-2H3. The number of carbonyl (C=O) groups excluding carboxylic acids is 1. The zero-order valence-corrected chi connectivity index (χ0v) is 9.38. The van der Waals surface area contributed by atoms with Gasteiger partial charge >= 0.3 is 0 Å². The van der Waals surface area contributed by atoms with Crippen LogP contribution in [0, 0.1) is 0 Å². The first kappa shape index (κ1) is 11.5. The highest BCUT2D eigenvalue weighted by molar-refractivity contribution is 5.76. The Kier molecular flexibility index (Phi) is 4.94. The van der Waals surface area contributed by atoms with Gasteiger partial charge in [-0.1, -0.05) is 20.3 Å². The third-order valence-corrected chi connectivity index (χ3v) is 2.73. The molecular formula is C11H22N2O. The summed E-state index contributed by atoms with van der Waals surface area (Å²) in [7, 11) is 0. The number of amides is 1. The number of unbranched alkanes of at least 4 members (excludes halogenated alkanes) is 1. The van der Waals surface area contributed by atoms with Crippen LogP contribution in [0.25, 0.3) is 0 Å². The van der Waals surface area contributed by atoms with Gasteiger partial charge in [-0.15, -0.1) is 0 Å². The minimum Gasteiger partial charge on any atom is -0.337 e. The summed E-state index contributed by atoms with van der Waals surface area (Å²) in [5.74, 6) is 0.347. The van der Waals surface area contributed by atoms with Crippen molar-refractivity contribution in [2.45, 2.75) is 45.6 Å². The Bertz CT molecular complexity index is 178. The van der Waals surface area contributed by atoms with Gasteiger partial charge < -0.3 is 10.2 Å². The van der Waals surface area contributed by atoms with E-state index in [1.165, 1.54) is 0 Å². The van der Waals surface area contributed by atoms with Crippen molar-refractivity contribution >= 4 is 5.91 Å². The monoisotopic (exact) mass is 198 g/mol. The molecule has 14 heavy (non-hydrogen) atoms. The minimum absolute atomic E-state index is 0.347. The molecule has 0 aliphatic carbocycles. The van der Waals surface area contributed by atoms with Crippen molar-refractivity contribution in [2.24, 2.45) is 0 Å². The Balaban J connectivity index is 2.35. The molecule has 1 N–H and O–H groups in total. The average molecular weight is 198 g/mol. The molecular weight excluding hydrogens is 176 g/mol. The van der Waals surface area contributed by atoms with Gasteiger partial charge in [0.05, 0.1) is 6.04 Å². The van der Waals surface area contributed by atoms with Crippen LogP contribution >= 0.6 is 0 Å². The van der Waals surface area contributed by atoms with E-state index < -0.39 is 0 Å². The molecule has 3 nitrogen and oxygen atoms in total. The second-order valence-electron chi connectivity index (χ2n) is 4.00. The largest absolute Gasteiger partial charge is 0.337 e. The maximum atomic E-state index is 11.8. The molecule has 0 unspecified atom stereocenters. The molecule has 0 atom stereocenters. The normalized spacial score (nSPS) is 16.4. The van der Waals surface area contributed by atoms with Crippen molar-refractivity contribution in [3.05, 3.63) is 0 Å². The fourth-order valence-corrected chi connectivity index (χ4v) is 1.72. The summed E-state index contributed by atoms with van der Waals surface area (Å²) in [6.07, 6.45) is 3.93. The molecule has 0 aromatic rings. The van der Waals surface area contributed by atoms with E-state index in [1.807, 2.05) is 0 Å². The molecule has 0 aromatic heterocycles. The van der Waals surface area contributed by atoms with Crippen LogP contribution in [-0.2, 0) is 4.79 Å². The molecule has 0 bridgehead atoms. The van der Waals surface area contributed by atoms with Crippen LogP contribution in [-0.4, -0.2) is 36.5 Å². The number of nitrogens with one attached hydrogen (secondary N) is 1. The lowest BCUT2D eigenvalue weighted by molar-refractivity contribution is -0.134. The van der Waals surface area contributed by atoms with Crippen LogP contribution in [0.5, 0.6) is 0 Å². The summed E-state index contributed by atoms with van der Waals surface area (Å²) < 4.78 is 0. The van der Waals surface area contributed by atoms with Gasteiger partial charge in [0, 0.05) is 26.1 Å². The quantitative estimate of drug-likeness (QED) is 0.699. The maximum absolute atomic E-state index is 11.8. The number of hydrogen-bond donors (Lipinski definition) is 1. The highest BCUT2D eigenvalue weighted by Gasteiger charge is 2.26. The number of carbonyl (C=O) groups is 1. The molecule has 1 aliphatic heterocycles. The predicted octanol–water partition coefficient (Wildman–Crippen LogP) is 1.39. The average Bonchev–Trinajstić information content (AvgIpc) is 2.10.